The fourth-order valence-corrected chi connectivity index (χ4v) is 2.56. The summed E-state index contributed by atoms with van der Waals surface area (Å²) in [4.78, 5) is 8.74. The molecule has 0 aliphatic rings. The molecule has 0 fully saturated rings. The molecule has 0 aliphatic heterocycles. The van der Waals surface area contributed by atoms with Crippen molar-refractivity contribution in [2.75, 3.05) is 0 Å². The minimum Gasteiger partial charge on any atom is -0.328 e. The Morgan fingerprint density at radius 2 is 1.90 bits per heavy atom. The van der Waals surface area contributed by atoms with Crippen molar-refractivity contribution in [1.29, 1.82) is 0 Å². The summed E-state index contributed by atoms with van der Waals surface area (Å²) in [6.07, 6.45) is 4.28. The lowest BCUT2D eigenvalue weighted by atomic mass is 10.1. The van der Waals surface area contributed by atoms with E-state index in [0.717, 1.165) is 29.9 Å². The van der Waals surface area contributed by atoms with Gasteiger partial charge in [-0.25, -0.2) is 4.98 Å². The van der Waals surface area contributed by atoms with E-state index >= 15 is 0 Å². The second kappa shape index (κ2) is 5.43. The topological polar surface area (TPSA) is 56.7 Å². The highest BCUT2D eigenvalue weighted by Gasteiger charge is 2.13. The summed E-state index contributed by atoms with van der Waals surface area (Å²) in [6.45, 7) is 3.04. The number of rotatable bonds is 4. The predicted molar refractivity (Wildman–Crippen MR) is 80.3 cm³/mol. The molecule has 0 saturated carbocycles. The van der Waals surface area contributed by atoms with Crippen LogP contribution in [0.4, 0.5) is 0 Å². The van der Waals surface area contributed by atoms with E-state index in [0.29, 0.717) is 0 Å². The number of hydrogen-bond acceptors (Lipinski definition) is 3. The Bertz CT molecular complexity index is 703. The Balaban J connectivity index is 1.94. The molecule has 3 rings (SSSR count). The second-order valence-corrected chi connectivity index (χ2v) is 4.85. The molecule has 0 aliphatic carbocycles. The number of pyridine rings is 1. The van der Waals surface area contributed by atoms with E-state index in [2.05, 4.69) is 22.5 Å². The largest absolute Gasteiger partial charge is 0.328 e. The SMILES string of the molecule is CCn1c(CC(N)c2ccncc2)nc2ccccc21. The zero-order chi connectivity index (χ0) is 13.9. The highest BCUT2D eigenvalue weighted by Crippen LogP contribution is 2.20. The maximum absolute atomic E-state index is 6.29. The minimum atomic E-state index is -0.0555. The second-order valence-electron chi connectivity index (χ2n) is 4.85. The first-order chi connectivity index (χ1) is 9.79. The van der Waals surface area contributed by atoms with Crippen molar-refractivity contribution in [1.82, 2.24) is 14.5 Å². The monoisotopic (exact) mass is 266 g/mol. The average molecular weight is 266 g/mol. The van der Waals surface area contributed by atoms with Crippen molar-refractivity contribution in [2.24, 2.45) is 5.73 Å². The van der Waals surface area contributed by atoms with Gasteiger partial charge in [0.05, 0.1) is 11.0 Å². The van der Waals surface area contributed by atoms with Gasteiger partial charge in [0.1, 0.15) is 5.82 Å². The molecular formula is C16H18N4. The lowest BCUT2D eigenvalue weighted by Gasteiger charge is -2.12. The van der Waals surface area contributed by atoms with Crippen LogP contribution in [0.25, 0.3) is 11.0 Å². The van der Waals surface area contributed by atoms with Gasteiger partial charge < -0.3 is 10.3 Å². The summed E-state index contributed by atoms with van der Waals surface area (Å²) in [5.74, 6) is 1.04. The van der Waals surface area contributed by atoms with Crippen molar-refractivity contribution >= 4 is 11.0 Å². The van der Waals surface area contributed by atoms with Crippen LogP contribution in [-0.4, -0.2) is 14.5 Å². The molecule has 3 aromatic rings. The molecular weight excluding hydrogens is 248 g/mol. The molecule has 1 unspecified atom stereocenters. The highest BCUT2D eigenvalue weighted by molar-refractivity contribution is 5.75. The predicted octanol–water partition coefficient (Wildman–Crippen LogP) is 2.69. The molecule has 2 heterocycles. The Labute approximate surface area is 118 Å². The molecule has 0 bridgehead atoms. The molecule has 0 radical (unpaired) electrons. The van der Waals surface area contributed by atoms with E-state index in [-0.39, 0.29) is 6.04 Å². The van der Waals surface area contributed by atoms with Gasteiger partial charge in [-0.15, -0.1) is 0 Å². The van der Waals surface area contributed by atoms with Gasteiger partial charge >= 0.3 is 0 Å². The molecule has 4 nitrogen and oxygen atoms in total. The zero-order valence-corrected chi connectivity index (χ0v) is 11.5. The molecule has 0 amide bonds. The molecule has 1 atom stereocenters. The van der Waals surface area contributed by atoms with Crippen LogP contribution in [-0.2, 0) is 13.0 Å². The summed E-state index contributed by atoms with van der Waals surface area (Å²) in [7, 11) is 0. The van der Waals surface area contributed by atoms with Crippen LogP contribution >= 0.6 is 0 Å². The first-order valence-corrected chi connectivity index (χ1v) is 6.89. The first kappa shape index (κ1) is 12.8. The zero-order valence-electron chi connectivity index (χ0n) is 11.5. The Morgan fingerprint density at radius 3 is 2.65 bits per heavy atom. The number of hydrogen-bond donors (Lipinski definition) is 1. The van der Waals surface area contributed by atoms with Gasteiger partial charge in [-0.3, -0.25) is 4.98 Å². The standard InChI is InChI=1S/C16H18N4/c1-2-20-15-6-4-3-5-14(15)19-16(20)11-13(17)12-7-9-18-10-8-12/h3-10,13H,2,11,17H2,1H3. The number of imidazole rings is 1. The Kier molecular flexibility index (Phi) is 3.48. The van der Waals surface area contributed by atoms with Crippen molar-refractivity contribution in [3.8, 4) is 0 Å². The number of nitrogens with zero attached hydrogens (tertiary/aromatic N) is 3. The van der Waals surface area contributed by atoms with Crippen LogP contribution in [0.3, 0.4) is 0 Å². The van der Waals surface area contributed by atoms with Gasteiger partial charge in [-0.1, -0.05) is 12.1 Å². The van der Waals surface area contributed by atoms with E-state index in [1.165, 1.54) is 5.52 Å². The van der Waals surface area contributed by atoms with E-state index in [4.69, 9.17) is 10.7 Å². The normalized spacial score (nSPS) is 12.7. The number of aryl methyl sites for hydroxylation is 1. The van der Waals surface area contributed by atoms with E-state index in [1.54, 1.807) is 12.4 Å². The smallest absolute Gasteiger partial charge is 0.111 e. The van der Waals surface area contributed by atoms with Crippen molar-refractivity contribution in [2.45, 2.75) is 25.9 Å². The Hall–Kier alpha value is -2.20. The summed E-state index contributed by atoms with van der Waals surface area (Å²) in [5, 5.41) is 0. The van der Waals surface area contributed by atoms with E-state index < -0.39 is 0 Å². The lowest BCUT2D eigenvalue weighted by Crippen LogP contribution is -2.16. The van der Waals surface area contributed by atoms with Crippen LogP contribution in [0.5, 0.6) is 0 Å². The maximum atomic E-state index is 6.29. The number of benzene rings is 1. The molecule has 0 spiro atoms. The van der Waals surface area contributed by atoms with Crippen molar-refractivity contribution < 1.29 is 0 Å². The lowest BCUT2D eigenvalue weighted by molar-refractivity contribution is 0.637. The molecule has 0 saturated heterocycles. The molecule has 20 heavy (non-hydrogen) atoms. The van der Waals surface area contributed by atoms with Crippen LogP contribution in [0.15, 0.2) is 48.8 Å². The molecule has 2 N–H and O–H groups in total. The third-order valence-corrected chi connectivity index (χ3v) is 3.59. The number of aromatic nitrogens is 3. The van der Waals surface area contributed by atoms with Gasteiger partial charge in [0.2, 0.25) is 0 Å². The fourth-order valence-electron chi connectivity index (χ4n) is 2.56. The third-order valence-electron chi connectivity index (χ3n) is 3.59. The van der Waals surface area contributed by atoms with Crippen molar-refractivity contribution in [3.63, 3.8) is 0 Å². The molecule has 102 valence electrons. The number of fused-ring (bicyclic) bond motifs is 1. The summed E-state index contributed by atoms with van der Waals surface area (Å²) < 4.78 is 2.23. The third kappa shape index (κ3) is 2.30. The molecule has 1 aromatic carbocycles. The fraction of sp³-hybridized carbons (Fsp3) is 0.250. The van der Waals surface area contributed by atoms with Crippen LogP contribution in [0.1, 0.15) is 24.4 Å². The minimum absolute atomic E-state index is 0.0555. The maximum Gasteiger partial charge on any atom is 0.111 e. The van der Waals surface area contributed by atoms with E-state index in [1.807, 2.05) is 30.3 Å². The van der Waals surface area contributed by atoms with Crippen LogP contribution < -0.4 is 5.73 Å². The number of nitrogens with two attached hydrogens (primary N) is 1. The Morgan fingerprint density at radius 1 is 1.15 bits per heavy atom. The van der Waals surface area contributed by atoms with Crippen LogP contribution in [0.2, 0.25) is 0 Å². The molecule has 2 aromatic heterocycles. The van der Waals surface area contributed by atoms with Gasteiger partial charge in [0.15, 0.2) is 0 Å². The first-order valence-electron chi connectivity index (χ1n) is 6.89. The summed E-state index contributed by atoms with van der Waals surface area (Å²) in [5.41, 5.74) is 9.59. The molecule has 4 heteroatoms. The summed E-state index contributed by atoms with van der Waals surface area (Å²) in [6, 6.07) is 12.1. The van der Waals surface area contributed by atoms with Crippen molar-refractivity contribution in [3.05, 3.63) is 60.2 Å². The number of para-hydroxylation sites is 2. The van der Waals surface area contributed by atoms with Crippen LogP contribution in [0, 0.1) is 0 Å². The quantitative estimate of drug-likeness (QED) is 0.790. The summed E-state index contributed by atoms with van der Waals surface area (Å²) >= 11 is 0. The van der Waals surface area contributed by atoms with Gasteiger partial charge in [0, 0.05) is 31.4 Å². The van der Waals surface area contributed by atoms with Gasteiger partial charge in [-0.05, 0) is 36.8 Å². The van der Waals surface area contributed by atoms with E-state index in [9.17, 15) is 0 Å². The van der Waals surface area contributed by atoms with Gasteiger partial charge in [-0.2, -0.15) is 0 Å². The average Bonchev–Trinajstić information content (AvgIpc) is 2.85. The highest BCUT2D eigenvalue weighted by atomic mass is 15.1. The van der Waals surface area contributed by atoms with Gasteiger partial charge in [0.25, 0.3) is 0 Å².